The van der Waals surface area contributed by atoms with Gasteiger partial charge in [0, 0.05) is 36.7 Å². The lowest BCUT2D eigenvalue weighted by molar-refractivity contribution is -0.116. The minimum Gasteiger partial charge on any atom is -0.309 e. The van der Waals surface area contributed by atoms with Gasteiger partial charge in [-0.15, -0.1) is 0 Å². The predicted molar refractivity (Wildman–Crippen MR) is 106 cm³/mol. The van der Waals surface area contributed by atoms with E-state index in [2.05, 4.69) is 15.9 Å². The number of nitrogens with zero attached hydrogens (tertiary/aromatic N) is 2. The van der Waals surface area contributed by atoms with Crippen LogP contribution in [0.1, 0.15) is 25.0 Å². The summed E-state index contributed by atoms with van der Waals surface area (Å²) < 4.78 is 28.1. The average Bonchev–Trinajstić information content (AvgIpc) is 2.89. The second-order valence-corrected chi connectivity index (χ2v) is 9.47. The lowest BCUT2D eigenvalue weighted by Crippen LogP contribution is -2.33. The average molecular weight is 437 g/mol. The second kappa shape index (κ2) is 7.13. The van der Waals surface area contributed by atoms with Crippen molar-refractivity contribution in [1.29, 1.82) is 0 Å². The number of benzene rings is 2. The summed E-state index contributed by atoms with van der Waals surface area (Å²) in [6.45, 7) is 3.74. The largest absolute Gasteiger partial charge is 0.309 e. The van der Waals surface area contributed by atoms with Gasteiger partial charge in [0.15, 0.2) is 0 Å². The molecule has 1 aliphatic rings. The van der Waals surface area contributed by atoms with Gasteiger partial charge in [0.2, 0.25) is 15.9 Å². The van der Waals surface area contributed by atoms with Crippen molar-refractivity contribution < 1.29 is 13.2 Å². The van der Waals surface area contributed by atoms with Crippen molar-refractivity contribution in [2.45, 2.75) is 37.8 Å². The fourth-order valence-electron chi connectivity index (χ4n) is 3.39. The van der Waals surface area contributed by atoms with Crippen molar-refractivity contribution in [1.82, 2.24) is 4.31 Å². The van der Waals surface area contributed by atoms with E-state index in [1.807, 2.05) is 43.3 Å². The minimum absolute atomic E-state index is 0.0226. The van der Waals surface area contributed by atoms with Gasteiger partial charge in [-0.25, -0.2) is 8.42 Å². The summed E-state index contributed by atoms with van der Waals surface area (Å²) in [7, 11) is -2.14. The van der Waals surface area contributed by atoms with Crippen LogP contribution in [0.2, 0.25) is 0 Å². The summed E-state index contributed by atoms with van der Waals surface area (Å²) in [6.07, 6.45) is 0.716. The fraction of sp³-hybridized carbons (Fsp3) is 0.316. The minimum atomic E-state index is -3.71. The molecule has 5 nitrogen and oxygen atoms in total. The number of amides is 1. The normalized spacial score (nSPS) is 16.8. The van der Waals surface area contributed by atoms with Crippen LogP contribution in [0.25, 0.3) is 0 Å². The molecule has 0 aliphatic carbocycles. The van der Waals surface area contributed by atoms with Gasteiger partial charge in [0.25, 0.3) is 0 Å². The molecule has 1 heterocycles. The first-order valence-electron chi connectivity index (χ1n) is 8.34. The first-order valence-corrected chi connectivity index (χ1v) is 10.6. The third kappa shape index (κ3) is 3.43. The molecule has 0 unspecified atom stereocenters. The standard InChI is InChI=1S/C19H21BrN2O3S/c1-13-9-16-10-17(20)19(11-18(16)22(13)14(2)23)26(24,25)21(3)12-15-7-5-4-6-8-15/h4-8,10-11,13H,9,12H2,1-3H3/t13-/m0/s1. The summed E-state index contributed by atoms with van der Waals surface area (Å²) in [4.78, 5) is 13.8. The number of halogens is 1. The van der Waals surface area contributed by atoms with E-state index in [0.29, 0.717) is 16.6 Å². The smallest absolute Gasteiger partial charge is 0.244 e. The van der Waals surface area contributed by atoms with Gasteiger partial charge in [-0.05, 0) is 52.5 Å². The summed E-state index contributed by atoms with van der Waals surface area (Å²) in [5.74, 6) is -0.0837. The number of carbonyl (C=O) groups is 1. The van der Waals surface area contributed by atoms with E-state index in [-0.39, 0.29) is 23.4 Å². The molecule has 0 saturated heterocycles. The Balaban J connectivity index is 1.99. The number of carbonyl (C=O) groups excluding carboxylic acids is 1. The Labute approximate surface area is 162 Å². The highest BCUT2D eigenvalue weighted by Crippen LogP contribution is 2.38. The summed E-state index contributed by atoms with van der Waals surface area (Å²) in [5.41, 5.74) is 2.57. The molecule has 3 rings (SSSR count). The monoisotopic (exact) mass is 436 g/mol. The molecule has 1 atom stereocenters. The van der Waals surface area contributed by atoms with Crippen molar-refractivity contribution in [3.63, 3.8) is 0 Å². The van der Waals surface area contributed by atoms with Crippen LogP contribution in [0.4, 0.5) is 5.69 Å². The van der Waals surface area contributed by atoms with E-state index in [4.69, 9.17) is 0 Å². The number of hydrogen-bond donors (Lipinski definition) is 0. The third-order valence-corrected chi connectivity index (χ3v) is 7.39. The first kappa shape index (κ1) is 19.1. The van der Waals surface area contributed by atoms with E-state index in [9.17, 15) is 13.2 Å². The van der Waals surface area contributed by atoms with Crippen molar-refractivity contribution in [3.05, 3.63) is 58.1 Å². The molecule has 7 heteroatoms. The predicted octanol–water partition coefficient (Wildman–Crippen LogP) is 3.57. The molecule has 0 spiro atoms. The molecule has 2 aromatic rings. The Kier molecular flexibility index (Phi) is 5.23. The van der Waals surface area contributed by atoms with Crippen LogP contribution in [0.15, 0.2) is 51.8 Å². The number of fused-ring (bicyclic) bond motifs is 1. The summed E-state index contributed by atoms with van der Waals surface area (Å²) in [5, 5.41) is 0. The zero-order valence-electron chi connectivity index (χ0n) is 14.9. The highest BCUT2D eigenvalue weighted by atomic mass is 79.9. The molecule has 0 saturated carbocycles. The molecular weight excluding hydrogens is 416 g/mol. The van der Waals surface area contributed by atoms with Gasteiger partial charge in [-0.1, -0.05) is 30.3 Å². The van der Waals surface area contributed by atoms with E-state index in [1.54, 1.807) is 18.0 Å². The van der Waals surface area contributed by atoms with Crippen molar-refractivity contribution in [2.75, 3.05) is 11.9 Å². The third-order valence-electron chi connectivity index (χ3n) is 4.62. The van der Waals surface area contributed by atoms with Gasteiger partial charge >= 0.3 is 0 Å². The molecule has 1 aliphatic heterocycles. The van der Waals surface area contributed by atoms with Crippen LogP contribution >= 0.6 is 15.9 Å². The van der Waals surface area contributed by atoms with Crippen LogP contribution in [0, 0.1) is 0 Å². The zero-order chi connectivity index (χ0) is 19.1. The molecule has 0 N–H and O–H groups in total. The Hall–Kier alpha value is -1.70. The lowest BCUT2D eigenvalue weighted by atomic mass is 10.1. The fourth-order valence-corrected chi connectivity index (χ4v) is 5.61. The van der Waals surface area contributed by atoms with Crippen molar-refractivity contribution in [2.24, 2.45) is 0 Å². The Morgan fingerprint density at radius 3 is 2.54 bits per heavy atom. The topological polar surface area (TPSA) is 57.7 Å². The van der Waals surface area contributed by atoms with E-state index < -0.39 is 10.0 Å². The molecule has 0 aromatic heterocycles. The molecule has 0 fully saturated rings. The Bertz CT molecular complexity index is 945. The van der Waals surface area contributed by atoms with Gasteiger partial charge in [0.1, 0.15) is 0 Å². The molecule has 26 heavy (non-hydrogen) atoms. The summed E-state index contributed by atoms with van der Waals surface area (Å²) >= 11 is 3.41. The van der Waals surface area contributed by atoms with Gasteiger partial charge in [-0.3, -0.25) is 4.79 Å². The number of rotatable bonds is 4. The van der Waals surface area contributed by atoms with Crippen LogP contribution in [0.5, 0.6) is 0 Å². The Morgan fingerprint density at radius 2 is 1.92 bits per heavy atom. The molecule has 0 radical (unpaired) electrons. The molecule has 1 amide bonds. The summed E-state index contributed by atoms with van der Waals surface area (Å²) in [6, 6.07) is 12.9. The van der Waals surface area contributed by atoms with E-state index in [1.165, 1.54) is 11.2 Å². The van der Waals surface area contributed by atoms with Crippen LogP contribution in [-0.2, 0) is 27.8 Å². The number of anilines is 1. The zero-order valence-corrected chi connectivity index (χ0v) is 17.3. The molecule has 0 bridgehead atoms. The maximum Gasteiger partial charge on any atom is 0.244 e. The van der Waals surface area contributed by atoms with Gasteiger partial charge in [0.05, 0.1) is 4.90 Å². The highest BCUT2D eigenvalue weighted by molar-refractivity contribution is 9.10. The van der Waals surface area contributed by atoms with Gasteiger partial charge < -0.3 is 4.90 Å². The number of sulfonamides is 1. The van der Waals surface area contributed by atoms with E-state index >= 15 is 0 Å². The molecular formula is C19H21BrN2O3S. The SMILES string of the molecule is CC(=O)N1c2cc(S(=O)(=O)N(C)Cc3ccccc3)c(Br)cc2C[C@@H]1C. The van der Waals surface area contributed by atoms with Crippen molar-refractivity contribution in [3.8, 4) is 0 Å². The molecule has 2 aromatic carbocycles. The maximum absolute atomic E-state index is 13.1. The van der Waals surface area contributed by atoms with Crippen LogP contribution in [0.3, 0.4) is 0 Å². The highest BCUT2D eigenvalue weighted by Gasteiger charge is 2.33. The Morgan fingerprint density at radius 1 is 1.27 bits per heavy atom. The van der Waals surface area contributed by atoms with Crippen LogP contribution in [-0.4, -0.2) is 31.7 Å². The lowest BCUT2D eigenvalue weighted by Gasteiger charge is -2.23. The number of hydrogen-bond acceptors (Lipinski definition) is 3. The quantitative estimate of drug-likeness (QED) is 0.735. The van der Waals surface area contributed by atoms with Crippen LogP contribution < -0.4 is 4.90 Å². The van der Waals surface area contributed by atoms with E-state index in [0.717, 1.165) is 11.1 Å². The van der Waals surface area contributed by atoms with Crippen molar-refractivity contribution >= 4 is 37.5 Å². The second-order valence-electron chi connectivity index (χ2n) is 6.60. The molecule has 138 valence electrons. The maximum atomic E-state index is 13.1. The van der Waals surface area contributed by atoms with Gasteiger partial charge in [-0.2, -0.15) is 4.31 Å². The first-order chi connectivity index (χ1) is 12.2.